The molecule has 2 atom stereocenters. The number of hydrogen-bond acceptors (Lipinski definition) is 6. The number of amides is 1. The molecule has 0 bridgehead atoms. The minimum atomic E-state index is -1.69. The maximum Gasteiger partial charge on any atom is 0.255 e. The van der Waals surface area contributed by atoms with Gasteiger partial charge in [0.1, 0.15) is 29.9 Å². The monoisotopic (exact) mass is 632 g/mol. The second-order valence-electron chi connectivity index (χ2n) is 11.4. The van der Waals surface area contributed by atoms with Gasteiger partial charge in [0, 0.05) is 39.4 Å². The summed E-state index contributed by atoms with van der Waals surface area (Å²) < 4.78 is 42.2. The molecule has 1 amide bonds. The molecule has 0 aliphatic carbocycles. The van der Waals surface area contributed by atoms with E-state index in [1.54, 1.807) is 30.3 Å². The highest BCUT2D eigenvalue weighted by atomic mass is 35.5. The standard InChI is InChI=1S/C34H31ClF2N4O4/c1-21(34(43,18-41-20-38-19-39-41)30-11-8-28(36)15-31(30)37)12-22-16-44-33(45-17-22)26-5-3-23-13-25(4-2-24(23)14-26)32(42)40-29-9-6-27(35)7-10-29/h2-11,13-15,19-22,33,43H,12,16-18H2,1H3,(H,40,42). The van der Waals surface area contributed by atoms with Gasteiger partial charge in [-0.05, 0) is 71.6 Å². The van der Waals surface area contributed by atoms with Crippen LogP contribution in [0.2, 0.25) is 5.02 Å². The number of nitrogens with zero attached hydrogens (tertiary/aromatic N) is 3. The van der Waals surface area contributed by atoms with Crippen molar-refractivity contribution >= 4 is 34.0 Å². The summed E-state index contributed by atoms with van der Waals surface area (Å²) in [4.78, 5) is 16.7. The van der Waals surface area contributed by atoms with Gasteiger partial charge in [-0.2, -0.15) is 5.10 Å². The molecule has 1 aliphatic heterocycles. The van der Waals surface area contributed by atoms with E-state index in [0.717, 1.165) is 28.5 Å². The largest absolute Gasteiger partial charge is 0.383 e. The number of nitrogens with one attached hydrogen (secondary N) is 1. The van der Waals surface area contributed by atoms with E-state index in [2.05, 4.69) is 15.4 Å². The third-order valence-corrected chi connectivity index (χ3v) is 8.49. The zero-order valence-electron chi connectivity index (χ0n) is 24.4. The van der Waals surface area contributed by atoms with Crippen LogP contribution in [0.1, 0.15) is 41.1 Å². The lowest BCUT2D eigenvalue weighted by Crippen LogP contribution is -2.41. The van der Waals surface area contributed by atoms with Crippen LogP contribution in [-0.2, 0) is 21.6 Å². The molecule has 2 N–H and O–H groups in total. The number of hydrogen-bond donors (Lipinski definition) is 2. The molecule has 6 rings (SSSR count). The van der Waals surface area contributed by atoms with Crippen molar-refractivity contribution in [1.29, 1.82) is 0 Å². The van der Waals surface area contributed by atoms with E-state index in [0.29, 0.717) is 35.9 Å². The van der Waals surface area contributed by atoms with Gasteiger partial charge >= 0.3 is 0 Å². The number of aromatic nitrogens is 3. The highest BCUT2D eigenvalue weighted by Gasteiger charge is 2.40. The van der Waals surface area contributed by atoms with Gasteiger partial charge in [0.05, 0.1) is 19.8 Å². The van der Waals surface area contributed by atoms with Crippen LogP contribution >= 0.6 is 11.6 Å². The van der Waals surface area contributed by atoms with Gasteiger partial charge in [0.15, 0.2) is 6.29 Å². The van der Waals surface area contributed by atoms with Crippen LogP contribution in [0.3, 0.4) is 0 Å². The van der Waals surface area contributed by atoms with Crippen molar-refractivity contribution in [2.75, 3.05) is 18.5 Å². The molecule has 1 saturated heterocycles. The molecular weight excluding hydrogens is 602 g/mol. The Kier molecular flexibility index (Phi) is 8.91. The molecule has 11 heteroatoms. The first kappa shape index (κ1) is 30.8. The second-order valence-corrected chi connectivity index (χ2v) is 11.9. The molecule has 2 heterocycles. The van der Waals surface area contributed by atoms with Gasteiger partial charge in [-0.3, -0.25) is 4.79 Å². The zero-order valence-corrected chi connectivity index (χ0v) is 25.1. The quantitative estimate of drug-likeness (QED) is 0.184. The molecule has 2 unspecified atom stereocenters. The van der Waals surface area contributed by atoms with Crippen molar-refractivity contribution in [2.24, 2.45) is 11.8 Å². The van der Waals surface area contributed by atoms with Gasteiger partial charge in [0.2, 0.25) is 0 Å². The summed E-state index contributed by atoms with van der Waals surface area (Å²) in [5.74, 6) is -2.32. The average molecular weight is 633 g/mol. The molecule has 4 aromatic carbocycles. The molecule has 0 saturated carbocycles. The number of carbonyl (C=O) groups is 1. The van der Waals surface area contributed by atoms with E-state index in [-0.39, 0.29) is 23.9 Å². The molecule has 45 heavy (non-hydrogen) atoms. The Morgan fingerprint density at radius 1 is 1.04 bits per heavy atom. The number of benzene rings is 4. The van der Waals surface area contributed by atoms with Crippen LogP contribution in [-0.4, -0.2) is 39.0 Å². The topological polar surface area (TPSA) is 98.5 Å². The summed E-state index contributed by atoms with van der Waals surface area (Å²) in [5.41, 5.74) is 0.316. The first-order valence-electron chi connectivity index (χ1n) is 14.5. The molecule has 1 fully saturated rings. The van der Waals surface area contributed by atoms with Crippen LogP contribution in [0.4, 0.5) is 14.5 Å². The van der Waals surface area contributed by atoms with E-state index in [4.69, 9.17) is 21.1 Å². The van der Waals surface area contributed by atoms with E-state index in [1.807, 2.05) is 37.3 Å². The van der Waals surface area contributed by atoms with Crippen LogP contribution in [0, 0.1) is 23.5 Å². The van der Waals surface area contributed by atoms with Crippen LogP contribution < -0.4 is 5.32 Å². The summed E-state index contributed by atoms with van der Waals surface area (Å²) in [7, 11) is 0. The molecule has 8 nitrogen and oxygen atoms in total. The SMILES string of the molecule is CC(CC1COC(c2ccc3cc(C(=O)Nc4ccc(Cl)cc4)ccc3c2)OC1)C(O)(Cn1cncn1)c1ccc(F)cc1F. The van der Waals surface area contributed by atoms with E-state index in [1.165, 1.54) is 23.4 Å². The molecule has 0 spiro atoms. The first-order chi connectivity index (χ1) is 21.7. The maximum absolute atomic E-state index is 14.9. The molecule has 5 aromatic rings. The number of rotatable bonds is 9. The maximum atomic E-state index is 14.9. The van der Waals surface area contributed by atoms with Gasteiger partial charge in [-0.15, -0.1) is 0 Å². The molecule has 1 aliphatic rings. The van der Waals surface area contributed by atoms with Crippen molar-refractivity contribution in [2.45, 2.75) is 31.8 Å². The normalized spacial score (nSPS) is 18.8. The summed E-state index contributed by atoms with van der Waals surface area (Å²) in [6.45, 7) is 2.48. The van der Waals surface area contributed by atoms with Crippen molar-refractivity contribution in [1.82, 2.24) is 14.8 Å². The summed E-state index contributed by atoms with van der Waals surface area (Å²) >= 11 is 5.93. The number of aliphatic hydroxyl groups is 1. The van der Waals surface area contributed by atoms with E-state index >= 15 is 0 Å². The molecular formula is C34H31ClF2N4O4. The molecule has 0 radical (unpaired) electrons. The summed E-state index contributed by atoms with van der Waals surface area (Å²) in [6.07, 6.45) is 2.64. The summed E-state index contributed by atoms with van der Waals surface area (Å²) in [5, 5.41) is 21.2. The van der Waals surface area contributed by atoms with E-state index < -0.39 is 29.4 Å². The molecule has 1 aromatic heterocycles. The summed E-state index contributed by atoms with van der Waals surface area (Å²) in [6, 6.07) is 21.4. The second kappa shape index (κ2) is 13.0. The van der Waals surface area contributed by atoms with Gasteiger partial charge in [0.25, 0.3) is 5.91 Å². The lowest BCUT2D eigenvalue weighted by atomic mass is 9.77. The van der Waals surface area contributed by atoms with Crippen molar-refractivity contribution < 1.29 is 28.2 Å². The van der Waals surface area contributed by atoms with Gasteiger partial charge in [-0.25, -0.2) is 18.4 Å². The Labute approximate surface area is 263 Å². The van der Waals surface area contributed by atoms with Gasteiger partial charge in [-0.1, -0.05) is 42.8 Å². The van der Waals surface area contributed by atoms with Crippen LogP contribution in [0.25, 0.3) is 10.8 Å². The smallest absolute Gasteiger partial charge is 0.255 e. The number of ether oxygens (including phenoxy) is 2. The van der Waals surface area contributed by atoms with Gasteiger partial charge < -0.3 is 19.9 Å². The minimum absolute atomic E-state index is 0.01000. The lowest BCUT2D eigenvalue weighted by molar-refractivity contribution is -0.210. The Bertz CT molecular complexity index is 1800. The Morgan fingerprint density at radius 2 is 1.78 bits per heavy atom. The minimum Gasteiger partial charge on any atom is -0.383 e. The fraction of sp³-hybridized carbons (Fsp3) is 0.265. The van der Waals surface area contributed by atoms with Crippen LogP contribution in [0.15, 0.2) is 91.5 Å². The Balaban J connectivity index is 1.10. The third-order valence-electron chi connectivity index (χ3n) is 8.24. The van der Waals surface area contributed by atoms with Crippen LogP contribution in [0.5, 0.6) is 0 Å². The highest BCUT2D eigenvalue weighted by molar-refractivity contribution is 6.30. The Hall–Kier alpha value is -4.22. The fourth-order valence-corrected chi connectivity index (χ4v) is 5.89. The highest BCUT2D eigenvalue weighted by Crippen LogP contribution is 2.39. The number of anilines is 1. The number of halogens is 3. The third kappa shape index (κ3) is 6.89. The van der Waals surface area contributed by atoms with Crippen molar-refractivity contribution in [3.05, 3.63) is 125 Å². The zero-order chi connectivity index (χ0) is 31.6. The van der Waals surface area contributed by atoms with E-state index in [9.17, 15) is 18.7 Å². The fourth-order valence-electron chi connectivity index (χ4n) is 5.76. The number of fused-ring (bicyclic) bond motifs is 1. The first-order valence-corrected chi connectivity index (χ1v) is 14.9. The lowest BCUT2D eigenvalue weighted by Gasteiger charge is -2.38. The van der Waals surface area contributed by atoms with Crippen molar-refractivity contribution in [3.63, 3.8) is 0 Å². The predicted octanol–water partition coefficient (Wildman–Crippen LogP) is 6.89. The number of carbonyl (C=O) groups excluding carboxylic acids is 1. The molecule has 232 valence electrons. The van der Waals surface area contributed by atoms with Crippen molar-refractivity contribution in [3.8, 4) is 0 Å². The average Bonchev–Trinajstić information content (AvgIpc) is 3.54. The Morgan fingerprint density at radius 3 is 2.49 bits per heavy atom. The predicted molar refractivity (Wildman–Crippen MR) is 166 cm³/mol.